The van der Waals surface area contributed by atoms with Gasteiger partial charge in [0.15, 0.2) is 5.78 Å². The SMILES string of the molecule is COc1cc(F)c(C(=O)c2ccc(F)cc2C)c(F)c1. The Bertz CT molecular complexity index is 658. The van der Waals surface area contributed by atoms with Gasteiger partial charge in [-0.1, -0.05) is 0 Å². The van der Waals surface area contributed by atoms with Gasteiger partial charge in [0.2, 0.25) is 0 Å². The average molecular weight is 280 g/mol. The van der Waals surface area contributed by atoms with Gasteiger partial charge in [0.25, 0.3) is 0 Å². The summed E-state index contributed by atoms with van der Waals surface area (Å²) in [6.07, 6.45) is 0. The number of hydrogen-bond donors (Lipinski definition) is 0. The van der Waals surface area contributed by atoms with E-state index in [1.807, 2.05) is 0 Å². The molecule has 0 fully saturated rings. The van der Waals surface area contributed by atoms with Crippen LogP contribution in [0.25, 0.3) is 0 Å². The van der Waals surface area contributed by atoms with Crippen LogP contribution in [0.4, 0.5) is 13.2 Å². The Morgan fingerprint density at radius 2 is 1.65 bits per heavy atom. The van der Waals surface area contributed by atoms with E-state index in [0.717, 1.165) is 24.3 Å². The van der Waals surface area contributed by atoms with Crippen molar-refractivity contribution in [1.29, 1.82) is 0 Å². The fourth-order valence-electron chi connectivity index (χ4n) is 1.90. The zero-order valence-electron chi connectivity index (χ0n) is 10.8. The molecule has 0 heterocycles. The number of methoxy groups -OCH3 is 1. The van der Waals surface area contributed by atoms with Crippen molar-refractivity contribution < 1.29 is 22.7 Å². The number of ether oxygens (including phenoxy) is 1. The first-order valence-corrected chi connectivity index (χ1v) is 5.78. The summed E-state index contributed by atoms with van der Waals surface area (Å²) in [5, 5.41) is 0. The first-order chi connectivity index (χ1) is 9.43. The number of carbonyl (C=O) groups is 1. The molecule has 0 saturated carbocycles. The fourth-order valence-corrected chi connectivity index (χ4v) is 1.90. The fraction of sp³-hybridized carbons (Fsp3) is 0.133. The molecule has 0 aliphatic carbocycles. The van der Waals surface area contributed by atoms with Crippen LogP contribution in [-0.4, -0.2) is 12.9 Å². The summed E-state index contributed by atoms with van der Waals surface area (Å²) in [7, 11) is 1.26. The number of ketones is 1. The molecule has 2 aromatic carbocycles. The third-order valence-electron chi connectivity index (χ3n) is 2.91. The van der Waals surface area contributed by atoms with Crippen molar-refractivity contribution in [3.8, 4) is 5.75 Å². The smallest absolute Gasteiger partial charge is 0.199 e. The molecule has 0 atom stereocenters. The quantitative estimate of drug-likeness (QED) is 0.802. The Balaban J connectivity index is 2.54. The molecule has 0 unspecified atom stereocenters. The molecular formula is C15H11F3O2. The van der Waals surface area contributed by atoms with E-state index >= 15 is 0 Å². The van der Waals surface area contributed by atoms with Gasteiger partial charge in [-0.25, -0.2) is 13.2 Å². The maximum Gasteiger partial charge on any atom is 0.199 e. The third-order valence-corrected chi connectivity index (χ3v) is 2.91. The van der Waals surface area contributed by atoms with Crippen LogP contribution < -0.4 is 4.74 Å². The molecule has 20 heavy (non-hydrogen) atoms. The van der Waals surface area contributed by atoms with Crippen LogP contribution in [0.3, 0.4) is 0 Å². The molecule has 104 valence electrons. The van der Waals surface area contributed by atoms with Crippen molar-refractivity contribution in [2.24, 2.45) is 0 Å². The minimum absolute atomic E-state index is 0.0209. The van der Waals surface area contributed by atoms with E-state index in [1.54, 1.807) is 0 Å². The Kier molecular flexibility index (Phi) is 3.79. The van der Waals surface area contributed by atoms with E-state index in [1.165, 1.54) is 20.1 Å². The highest BCUT2D eigenvalue weighted by atomic mass is 19.1. The summed E-state index contributed by atoms with van der Waals surface area (Å²) in [4.78, 5) is 12.2. The van der Waals surface area contributed by atoms with Crippen LogP contribution in [0, 0.1) is 24.4 Å². The minimum atomic E-state index is -1.02. The highest BCUT2D eigenvalue weighted by molar-refractivity contribution is 6.10. The van der Waals surface area contributed by atoms with Gasteiger partial charge in [0, 0.05) is 17.7 Å². The largest absolute Gasteiger partial charge is 0.497 e. The first kappa shape index (κ1) is 14.1. The van der Waals surface area contributed by atoms with E-state index in [0.29, 0.717) is 5.56 Å². The lowest BCUT2D eigenvalue weighted by Crippen LogP contribution is -2.09. The second-order valence-electron chi connectivity index (χ2n) is 4.25. The van der Waals surface area contributed by atoms with Gasteiger partial charge in [0.05, 0.1) is 12.7 Å². The van der Waals surface area contributed by atoms with Crippen LogP contribution in [0.5, 0.6) is 5.75 Å². The molecule has 0 aromatic heterocycles. The average Bonchev–Trinajstić information content (AvgIpc) is 2.37. The Labute approximate surface area is 113 Å². The molecule has 0 saturated heterocycles. The predicted molar refractivity (Wildman–Crippen MR) is 67.5 cm³/mol. The molecular weight excluding hydrogens is 269 g/mol. The zero-order chi connectivity index (χ0) is 14.9. The molecule has 0 bridgehead atoms. The van der Waals surface area contributed by atoms with Crippen molar-refractivity contribution in [2.75, 3.05) is 7.11 Å². The van der Waals surface area contributed by atoms with Gasteiger partial charge in [0.1, 0.15) is 23.2 Å². The van der Waals surface area contributed by atoms with Gasteiger partial charge in [-0.3, -0.25) is 4.79 Å². The first-order valence-electron chi connectivity index (χ1n) is 5.78. The summed E-state index contributed by atoms with van der Waals surface area (Å²) in [6.45, 7) is 1.50. The van der Waals surface area contributed by atoms with Crippen molar-refractivity contribution in [3.05, 3.63) is 64.5 Å². The van der Waals surface area contributed by atoms with Crippen LogP contribution in [0.15, 0.2) is 30.3 Å². The number of halogens is 3. The van der Waals surface area contributed by atoms with Gasteiger partial charge < -0.3 is 4.74 Å². The summed E-state index contributed by atoms with van der Waals surface area (Å²) in [6, 6.07) is 5.26. The van der Waals surface area contributed by atoms with E-state index < -0.39 is 28.8 Å². The number of carbonyl (C=O) groups excluding carboxylic acids is 1. The summed E-state index contributed by atoms with van der Waals surface area (Å²) in [5.74, 6) is -3.41. The monoisotopic (exact) mass is 280 g/mol. The molecule has 0 amide bonds. The number of benzene rings is 2. The molecule has 0 N–H and O–H groups in total. The maximum absolute atomic E-state index is 13.8. The lowest BCUT2D eigenvalue weighted by molar-refractivity contribution is 0.103. The Morgan fingerprint density at radius 3 is 2.15 bits per heavy atom. The lowest BCUT2D eigenvalue weighted by atomic mass is 9.98. The van der Waals surface area contributed by atoms with Crippen LogP contribution in [0.1, 0.15) is 21.5 Å². The van der Waals surface area contributed by atoms with Crippen molar-refractivity contribution in [2.45, 2.75) is 6.92 Å². The van der Waals surface area contributed by atoms with Gasteiger partial charge in [-0.05, 0) is 30.7 Å². The normalized spacial score (nSPS) is 10.4. The molecule has 5 heteroatoms. The molecule has 0 aliphatic heterocycles. The Hall–Kier alpha value is -2.30. The topological polar surface area (TPSA) is 26.3 Å². The molecule has 0 radical (unpaired) electrons. The predicted octanol–water partition coefficient (Wildman–Crippen LogP) is 3.65. The van der Waals surface area contributed by atoms with E-state index in [4.69, 9.17) is 4.74 Å². The van der Waals surface area contributed by atoms with Gasteiger partial charge >= 0.3 is 0 Å². The minimum Gasteiger partial charge on any atom is -0.497 e. The van der Waals surface area contributed by atoms with Crippen LogP contribution in [-0.2, 0) is 0 Å². The number of hydrogen-bond acceptors (Lipinski definition) is 2. The van der Waals surface area contributed by atoms with Crippen LogP contribution >= 0.6 is 0 Å². The standard InChI is InChI=1S/C15H11F3O2/c1-8-5-9(16)3-4-11(8)15(19)14-12(17)6-10(20-2)7-13(14)18/h3-7H,1-2H3. The summed E-state index contributed by atoms with van der Waals surface area (Å²) in [5.41, 5.74) is -0.320. The number of aryl methyl sites for hydroxylation is 1. The second kappa shape index (κ2) is 5.36. The summed E-state index contributed by atoms with van der Waals surface area (Å²) < 4.78 is 45.4. The lowest BCUT2D eigenvalue weighted by Gasteiger charge is -2.09. The molecule has 0 aliphatic rings. The highest BCUT2D eigenvalue weighted by Gasteiger charge is 2.22. The van der Waals surface area contributed by atoms with Gasteiger partial charge in [-0.15, -0.1) is 0 Å². The van der Waals surface area contributed by atoms with Crippen molar-refractivity contribution in [3.63, 3.8) is 0 Å². The summed E-state index contributed by atoms with van der Waals surface area (Å²) >= 11 is 0. The zero-order valence-corrected chi connectivity index (χ0v) is 10.8. The van der Waals surface area contributed by atoms with Crippen molar-refractivity contribution in [1.82, 2.24) is 0 Å². The molecule has 0 spiro atoms. The van der Waals surface area contributed by atoms with Crippen molar-refractivity contribution >= 4 is 5.78 Å². The third kappa shape index (κ3) is 2.52. The van der Waals surface area contributed by atoms with Crippen LogP contribution in [0.2, 0.25) is 0 Å². The Morgan fingerprint density at radius 1 is 1.05 bits per heavy atom. The molecule has 2 aromatic rings. The number of rotatable bonds is 3. The molecule has 2 nitrogen and oxygen atoms in total. The maximum atomic E-state index is 13.8. The van der Waals surface area contributed by atoms with E-state index in [9.17, 15) is 18.0 Å². The van der Waals surface area contributed by atoms with E-state index in [2.05, 4.69) is 0 Å². The van der Waals surface area contributed by atoms with Gasteiger partial charge in [-0.2, -0.15) is 0 Å². The molecule has 2 rings (SSSR count). The highest BCUT2D eigenvalue weighted by Crippen LogP contribution is 2.24. The second-order valence-corrected chi connectivity index (χ2v) is 4.25. The van der Waals surface area contributed by atoms with E-state index in [-0.39, 0.29) is 11.3 Å².